The number of nitrogens with zero attached hydrogens (tertiary/aromatic N) is 4. The molecular formula is C82H52N4O4. The van der Waals surface area contributed by atoms with Gasteiger partial charge in [0, 0.05) is 56.8 Å². The van der Waals surface area contributed by atoms with Crippen molar-refractivity contribution in [3.05, 3.63) is 360 Å². The first-order valence-electron chi connectivity index (χ1n) is 30.6. The minimum atomic E-state index is -1.21. The van der Waals surface area contributed by atoms with Crippen molar-refractivity contribution in [3.8, 4) is 0 Å². The number of fused-ring (bicyclic) bond motifs is 20. The van der Waals surface area contributed by atoms with Crippen molar-refractivity contribution in [2.75, 3.05) is 19.6 Å². The normalized spacial score (nSPS) is 13.9. The van der Waals surface area contributed by atoms with Gasteiger partial charge >= 0.3 is 0 Å². The van der Waals surface area contributed by atoms with Gasteiger partial charge in [0.15, 0.2) is 0 Å². The highest BCUT2D eigenvalue weighted by Crippen LogP contribution is 2.70. The highest BCUT2D eigenvalue weighted by atomic mass is 16.4. The Morgan fingerprint density at radius 2 is 0.567 bits per heavy atom. The average molecular weight is 1160 g/mol. The second-order valence-corrected chi connectivity index (χ2v) is 23.4. The van der Waals surface area contributed by atoms with E-state index in [0.717, 1.165) is 146 Å². The van der Waals surface area contributed by atoms with Crippen LogP contribution in [0.5, 0.6) is 0 Å². The van der Waals surface area contributed by atoms with Crippen molar-refractivity contribution in [2.24, 2.45) is 0 Å². The Labute approximate surface area is 518 Å². The van der Waals surface area contributed by atoms with Crippen molar-refractivity contribution in [1.29, 1.82) is 0 Å². The zero-order valence-corrected chi connectivity index (χ0v) is 48.4. The Hall–Kier alpha value is -12.0. The van der Waals surface area contributed by atoms with Gasteiger partial charge in [-0.1, -0.05) is 194 Å². The van der Waals surface area contributed by atoms with E-state index in [1.807, 2.05) is 24.3 Å². The molecule has 8 heteroatoms. The monoisotopic (exact) mass is 1160 g/mol. The first-order chi connectivity index (χ1) is 44.7. The van der Waals surface area contributed by atoms with Crippen LogP contribution in [0.3, 0.4) is 0 Å². The number of para-hydroxylation sites is 10. The molecular weight excluding hydrogens is 1100 g/mol. The molecule has 0 amide bonds. The zero-order valence-electron chi connectivity index (χ0n) is 48.4. The highest BCUT2D eigenvalue weighted by molar-refractivity contribution is 6.14. The number of rotatable bonds is 8. The Morgan fingerprint density at radius 3 is 0.944 bits per heavy atom. The fourth-order valence-corrected chi connectivity index (χ4v) is 15.4. The van der Waals surface area contributed by atoms with Gasteiger partial charge in [-0.05, 0) is 131 Å². The molecule has 0 N–H and O–H groups in total. The van der Waals surface area contributed by atoms with E-state index in [4.69, 9.17) is 17.7 Å². The van der Waals surface area contributed by atoms with E-state index in [2.05, 4.69) is 311 Å². The molecule has 2 aliphatic heterocycles. The van der Waals surface area contributed by atoms with E-state index < -0.39 is 10.8 Å². The summed E-state index contributed by atoms with van der Waals surface area (Å²) in [6, 6.07) is 112. The van der Waals surface area contributed by atoms with Crippen LogP contribution < -0.4 is 19.6 Å². The number of hydrogen-bond donors (Lipinski definition) is 0. The van der Waals surface area contributed by atoms with E-state index in [1.54, 1.807) is 0 Å². The standard InChI is InChI=1S/C82H52N4O4/c1-5-27-53(28-6-1)83-65-41-19-15-37-59(65)81(60-38-16-20-42-66(60)83)63-51-75(85(55-31-9-3-10-32-55)69-45-25-49-73-77(69)57-35-13-23-47-71(57)87-73)90-80(63)82(61-39-17-21-43-67(61)84(54-29-7-2-8-30-54)68-44-22-18-40-62(68)82)64-52-76(89-79(64)81)86(56-33-11-4-12-34-56)70-46-26-50-74-78(70)58-36-14-24-48-72(58)88-74/h1-52H. The van der Waals surface area contributed by atoms with Gasteiger partial charge in [-0.3, -0.25) is 9.80 Å². The molecule has 16 aromatic rings. The SMILES string of the molecule is c1ccc(N2c3ccccc3C3(c4ccccc42)c2cc(N(c4ccccc4)c4cccc5oc6ccccc6c45)oc2C2(c4ccccc4N(c4ccccc4)c4ccccc42)c2cc(N(c4ccccc4)c4cccc5oc6ccccc6c45)oc23)cc1. The van der Waals surface area contributed by atoms with Crippen molar-refractivity contribution in [2.45, 2.75) is 10.8 Å². The molecule has 0 saturated heterocycles. The van der Waals surface area contributed by atoms with E-state index in [-0.39, 0.29) is 0 Å². The predicted octanol–water partition coefficient (Wildman–Crippen LogP) is 22.3. The van der Waals surface area contributed by atoms with Gasteiger partial charge in [0.1, 0.15) is 44.7 Å². The lowest BCUT2D eigenvalue weighted by Crippen LogP contribution is -2.48. The largest absolute Gasteiger partial charge is 0.456 e. The molecule has 12 aromatic carbocycles. The molecule has 0 atom stereocenters. The van der Waals surface area contributed by atoms with Crippen LogP contribution in [0.25, 0.3) is 43.9 Å². The number of anilines is 12. The third-order valence-electron chi connectivity index (χ3n) is 18.9. The fourth-order valence-electron chi connectivity index (χ4n) is 15.4. The van der Waals surface area contributed by atoms with Crippen LogP contribution in [-0.4, -0.2) is 0 Å². The Bertz CT molecular complexity index is 5010. The van der Waals surface area contributed by atoms with E-state index in [9.17, 15) is 0 Å². The van der Waals surface area contributed by atoms with E-state index in [0.29, 0.717) is 11.8 Å². The molecule has 19 rings (SSSR count). The number of hydrogen-bond acceptors (Lipinski definition) is 8. The number of benzene rings is 12. The lowest BCUT2D eigenvalue weighted by Gasteiger charge is -2.51. The summed E-state index contributed by atoms with van der Waals surface area (Å²) >= 11 is 0. The van der Waals surface area contributed by atoms with Crippen LogP contribution in [0.1, 0.15) is 44.9 Å². The summed E-state index contributed by atoms with van der Waals surface area (Å²) in [5.41, 5.74) is 16.6. The summed E-state index contributed by atoms with van der Waals surface area (Å²) in [5, 5.41) is 3.98. The Morgan fingerprint density at radius 1 is 0.256 bits per heavy atom. The van der Waals surface area contributed by atoms with Gasteiger partial charge in [0.05, 0.1) is 44.9 Å². The molecule has 8 nitrogen and oxygen atoms in total. The molecule has 424 valence electrons. The zero-order chi connectivity index (χ0) is 59.1. The van der Waals surface area contributed by atoms with Crippen LogP contribution >= 0.6 is 0 Å². The molecule has 0 saturated carbocycles. The predicted molar refractivity (Wildman–Crippen MR) is 362 cm³/mol. The molecule has 0 unspecified atom stereocenters. The van der Waals surface area contributed by atoms with Crippen molar-refractivity contribution < 1.29 is 17.7 Å². The number of furan rings is 4. The molecule has 6 heterocycles. The topological polar surface area (TPSA) is 65.5 Å². The van der Waals surface area contributed by atoms with Crippen molar-refractivity contribution in [1.82, 2.24) is 0 Å². The second kappa shape index (κ2) is 19.2. The molecule has 0 radical (unpaired) electrons. The maximum Gasteiger partial charge on any atom is 0.205 e. The van der Waals surface area contributed by atoms with Gasteiger partial charge < -0.3 is 27.5 Å². The fraction of sp³-hybridized carbons (Fsp3) is 0.0244. The van der Waals surface area contributed by atoms with Crippen LogP contribution in [0.2, 0.25) is 0 Å². The third-order valence-corrected chi connectivity index (χ3v) is 18.9. The molecule has 0 bridgehead atoms. The lowest BCUT2D eigenvalue weighted by molar-refractivity contribution is 0.398. The van der Waals surface area contributed by atoms with E-state index in [1.165, 1.54) is 0 Å². The van der Waals surface area contributed by atoms with Gasteiger partial charge in [-0.2, -0.15) is 0 Å². The van der Waals surface area contributed by atoms with Crippen molar-refractivity contribution >= 4 is 113 Å². The minimum absolute atomic E-state index is 0.624. The molecule has 1 aliphatic carbocycles. The minimum Gasteiger partial charge on any atom is -0.456 e. The third kappa shape index (κ3) is 6.84. The summed E-state index contributed by atoms with van der Waals surface area (Å²) in [4.78, 5) is 9.40. The molecule has 0 fully saturated rings. The lowest BCUT2D eigenvalue weighted by atomic mass is 9.53. The van der Waals surface area contributed by atoms with Crippen LogP contribution in [-0.2, 0) is 10.8 Å². The average Bonchev–Trinajstić information content (AvgIpc) is 1.28. The Kier molecular flexibility index (Phi) is 10.7. The molecule has 4 aromatic heterocycles. The molecule has 2 spiro atoms. The quantitative estimate of drug-likeness (QED) is 0.149. The summed E-state index contributed by atoms with van der Waals surface area (Å²) in [6.45, 7) is 0. The summed E-state index contributed by atoms with van der Waals surface area (Å²) in [5.74, 6) is 2.78. The maximum atomic E-state index is 8.42. The Balaban J connectivity index is 1.01. The van der Waals surface area contributed by atoms with Crippen molar-refractivity contribution in [3.63, 3.8) is 0 Å². The van der Waals surface area contributed by atoms with Gasteiger partial charge in [0.2, 0.25) is 11.8 Å². The molecule has 3 aliphatic rings. The first kappa shape index (κ1) is 50.2. The van der Waals surface area contributed by atoms with Crippen LogP contribution in [0, 0.1) is 0 Å². The first-order valence-corrected chi connectivity index (χ1v) is 30.6. The van der Waals surface area contributed by atoms with Crippen LogP contribution in [0.4, 0.5) is 68.6 Å². The van der Waals surface area contributed by atoms with Gasteiger partial charge in [-0.25, -0.2) is 0 Å². The van der Waals surface area contributed by atoms with E-state index >= 15 is 0 Å². The summed E-state index contributed by atoms with van der Waals surface area (Å²) < 4.78 is 30.2. The van der Waals surface area contributed by atoms with Gasteiger partial charge in [-0.15, -0.1) is 0 Å². The highest BCUT2D eigenvalue weighted by Gasteiger charge is 2.64. The smallest absolute Gasteiger partial charge is 0.205 e. The maximum absolute atomic E-state index is 8.42. The molecule has 90 heavy (non-hydrogen) atoms. The van der Waals surface area contributed by atoms with Gasteiger partial charge in [0.25, 0.3) is 0 Å². The summed E-state index contributed by atoms with van der Waals surface area (Å²) in [7, 11) is 0. The second-order valence-electron chi connectivity index (χ2n) is 23.4. The van der Waals surface area contributed by atoms with Crippen LogP contribution in [0.15, 0.2) is 333 Å². The summed E-state index contributed by atoms with van der Waals surface area (Å²) in [6.07, 6.45) is 0.